The molecule has 0 aliphatic heterocycles. The second kappa shape index (κ2) is 5.62. The van der Waals surface area contributed by atoms with Crippen LogP contribution in [0.3, 0.4) is 0 Å². The Hall–Kier alpha value is -2.91. The van der Waals surface area contributed by atoms with Crippen molar-refractivity contribution in [3.05, 3.63) is 28.0 Å². The first-order chi connectivity index (χ1) is 8.81. The van der Waals surface area contributed by atoms with Crippen molar-refractivity contribution < 1.29 is 28.5 Å². The summed E-state index contributed by atoms with van der Waals surface area (Å²) in [6.45, 7) is 1.19. The number of esters is 1. The fraction of sp³-hybridized carbons (Fsp3) is 0.222. The van der Waals surface area contributed by atoms with Crippen LogP contribution in [0, 0.1) is 10.1 Å². The molecule has 0 saturated heterocycles. The minimum absolute atomic E-state index is 0.439. The smallest absolute Gasteiger partial charge is 0.433 e. The molecule has 1 heterocycles. The van der Waals surface area contributed by atoms with E-state index in [2.05, 4.69) is 9.15 Å². The summed E-state index contributed by atoms with van der Waals surface area (Å²) in [6, 6.07) is 0.894. The van der Waals surface area contributed by atoms with Gasteiger partial charge in [-0.3, -0.25) is 20.2 Å². The van der Waals surface area contributed by atoms with Crippen LogP contribution in [0.4, 0.5) is 10.7 Å². The van der Waals surface area contributed by atoms with Gasteiger partial charge in [0.1, 0.15) is 4.92 Å². The molecule has 1 rings (SSSR count). The van der Waals surface area contributed by atoms with Gasteiger partial charge in [0, 0.05) is 0 Å². The van der Waals surface area contributed by atoms with E-state index in [-0.39, 0.29) is 0 Å². The van der Waals surface area contributed by atoms with E-state index in [4.69, 9.17) is 5.73 Å². The first-order valence-electron chi connectivity index (χ1n) is 4.86. The second-order valence-electron chi connectivity index (χ2n) is 3.30. The summed E-state index contributed by atoms with van der Waals surface area (Å²) in [5.74, 6) is -3.09. The molecule has 0 saturated carbocycles. The number of furan rings is 1. The topological polar surface area (TPSA) is 155 Å². The standard InChI is InChI=1S/C9H9N3O7/c1-4(7(13)11-9(10)15)18-8(14)5-2-3-6(19-5)12(16)17/h2-4H,1H3,(H3,10,11,13,15). The Morgan fingerprint density at radius 1 is 1.47 bits per heavy atom. The van der Waals surface area contributed by atoms with E-state index in [9.17, 15) is 24.5 Å². The Bertz CT molecular complexity index is 536. The number of imide groups is 1. The number of carbonyl (C=O) groups excluding carboxylic acids is 3. The van der Waals surface area contributed by atoms with Gasteiger partial charge in [-0.15, -0.1) is 0 Å². The molecule has 0 aromatic carbocycles. The lowest BCUT2D eigenvalue weighted by Crippen LogP contribution is -2.42. The summed E-state index contributed by atoms with van der Waals surface area (Å²) >= 11 is 0. The van der Waals surface area contributed by atoms with Gasteiger partial charge in [-0.1, -0.05) is 0 Å². The number of carbonyl (C=O) groups is 3. The third-order valence-corrected chi connectivity index (χ3v) is 1.87. The summed E-state index contributed by atoms with van der Waals surface area (Å²) in [4.78, 5) is 42.6. The van der Waals surface area contributed by atoms with E-state index >= 15 is 0 Å². The number of ether oxygens (including phenoxy) is 1. The zero-order valence-electron chi connectivity index (χ0n) is 9.61. The van der Waals surface area contributed by atoms with Gasteiger partial charge < -0.3 is 14.9 Å². The fourth-order valence-corrected chi connectivity index (χ4v) is 1.03. The number of nitrogens with zero attached hydrogens (tertiary/aromatic N) is 1. The summed E-state index contributed by atoms with van der Waals surface area (Å²) in [7, 11) is 0. The zero-order chi connectivity index (χ0) is 14.6. The van der Waals surface area contributed by atoms with Crippen molar-refractivity contribution in [3.8, 4) is 0 Å². The quantitative estimate of drug-likeness (QED) is 0.441. The predicted octanol–water partition coefficient (Wildman–Crippen LogP) is -0.0720. The summed E-state index contributed by atoms with van der Waals surface area (Å²) < 4.78 is 9.19. The molecule has 102 valence electrons. The lowest BCUT2D eigenvalue weighted by molar-refractivity contribution is -0.402. The number of hydrogen-bond acceptors (Lipinski definition) is 7. The molecule has 0 spiro atoms. The molecule has 1 atom stereocenters. The van der Waals surface area contributed by atoms with Crippen molar-refractivity contribution >= 4 is 23.8 Å². The van der Waals surface area contributed by atoms with Crippen molar-refractivity contribution in [1.29, 1.82) is 0 Å². The van der Waals surface area contributed by atoms with Gasteiger partial charge in [-0.05, 0) is 13.0 Å². The number of nitro groups is 1. The number of nitrogens with two attached hydrogens (primary N) is 1. The van der Waals surface area contributed by atoms with Crippen LogP contribution in [0.2, 0.25) is 0 Å². The van der Waals surface area contributed by atoms with Crippen LogP contribution in [-0.4, -0.2) is 28.9 Å². The molecule has 19 heavy (non-hydrogen) atoms. The van der Waals surface area contributed by atoms with E-state index in [1.807, 2.05) is 0 Å². The molecule has 0 aliphatic carbocycles. The van der Waals surface area contributed by atoms with Gasteiger partial charge in [0.15, 0.2) is 6.10 Å². The fourth-order valence-electron chi connectivity index (χ4n) is 1.03. The number of primary amides is 1. The van der Waals surface area contributed by atoms with E-state index < -0.39 is 40.6 Å². The van der Waals surface area contributed by atoms with Gasteiger partial charge in [-0.25, -0.2) is 9.59 Å². The third-order valence-electron chi connectivity index (χ3n) is 1.87. The summed E-state index contributed by atoms with van der Waals surface area (Å²) in [6.07, 6.45) is -1.32. The van der Waals surface area contributed by atoms with Crippen LogP contribution in [0.25, 0.3) is 0 Å². The molecule has 0 aliphatic rings. The van der Waals surface area contributed by atoms with Gasteiger partial charge >= 0.3 is 17.9 Å². The van der Waals surface area contributed by atoms with Gasteiger partial charge in [0.2, 0.25) is 5.76 Å². The molecular weight excluding hydrogens is 262 g/mol. The Labute approximate surface area is 105 Å². The van der Waals surface area contributed by atoms with Crippen molar-refractivity contribution in [2.45, 2.75) is 13.0 Å². The number of rotatable bonds is 4. The minimum Gasteiger partial charge on any atom is -0.447 e. The molecule has 10 nitrogen and oxygen atoms in total. The first-order valence-corrected chi connectivity index (χ1v) is 4.86. The SMILES string of the molecule is CC(OC(=O)c1ccc([N+](=O)[O-])o1)C(=O)NC(N)=O. The van der Waals surface area contributed by atoms with Crippen LogP contribution in [0.1, 0.15) is 17.5 Å². The molecule has 3 N–H and O–H groups in total. The maximum atomic E-state index is 11.4. The van der Waals surface area contributed by atoms with Crippen molar-refractivity contribution in [2.24, 2.45) is 5.73 Å². The molecule has 0 radical (unpaired) electrons. The maximum Gasteiger partial charge on any atom is 0.433 e. The first kappa shape index (κ1) is 14.2. The largest absolute Gasteiger partial charge is 0.447 e. The molecule has 0 fully saturated rings. The molecule has 1 aromatic heterocycles. The molecule has 1 aromatic rings. The lowest BCUT2D eigenvalue weighted by atomic mass is 10.3. The summed E-state index contributed by atoms with van der Waals surface area (Å²) in [5.41, 5.74) is 4.70. The Balaban J connectivity index is 2.65. The average Bonchev–Trinajstić information content (AvgIpc) is 2.77. The lowest BCUT2D eigenvalue weighted by Gasteiger charge is -2.10. The van der Waals surface area contributed by atoms with Crippen LogP contribution < -0.4 is 11.1 Å². The highest BCUT2D eigenvalue weighted by atomic mass is 16.7. The van der Waals surface area contributed by atoms with Crippen LogP contribution in [0.15, 0.2) is 16.5 Å². The molecule has 1 unspecified atom stereocenters. The van der Waals surface area contributed by atoms with Crippen LogP contribution in [-0.2, 0) is 9.53 Å². The molecule has 0 bridgehead atoms. The Kier molecular flexibility index (Phi) is 4.19. The minimum atomic E-state index is -1.32. The van der Waals surface area contributed by atoms with Crippen LogP contribution >= 0.6 is 0 Å². The van der Waals surface area contributed by atoms with E-state index in [0.29, 0.717) is 0 Å². The van der Waals surface area contributed by atoms with Gasteiger partial charge in [0.05, 0.1) is 6.07 Å². The highest BCUT2D eigenvalue weighted by Crippen LogP contribution is 2.16. The van der Waals surface area contributed by atoms with Crippen LogP contribution in [0.5, 0.6) is 0 Å². The number of amides is 3. The van der Waals surface area contributed by atoms with Crippen molar-refractivity contribution in [2.75, 3.05) is 0 Å². The van der Waals surface area contributed by atoms with E-state index in [1.165, 1.54) is 6.92 Å². The average molecular weight is 271 g/mol. The highest BCUT2D eigenvalue weighted by Gasteiger charge is 2.23. The number of urea groups is 1. The molecular formula is C9H9N3O7. The van der Waals surface area contributed by atoms with Crippen molar-refractivity contribution in [1.82, 2.24) is 5.32 Å². The van der Waals surface area contributed by atoms with E-state index in [1.54, 1.807) is 5.32 Å². The Morgan fingerprint density at radius 2 is 2.11 bits per heavy atom. The summed E-state index contributed by atoms with van der Waals surface area (Å²) in [5, 5.41) is 12.0. The number of hydrogen-bond donors (Lipinski definition) is 2. The third kappa shape index (κ3) is 3.80. The maximum absolute atomic E-state index is 11.4. The van der Waals surface area contributed by atoms with Gasteiger partial charge in [0.25, 0.3) is 5.91 Å². The second-order valence-corrected chi connectivity index (χ2v) is 3.30. The normalized spacial score (nSPS) is 11.4. The zero-order valence-corrected chi connectivity index (χ0v) is 9.61. The van der Waals surface area contributed by atoms with Gasteiger partial charge in [-0.2, -0.15) is 0 Å². The molecule has 10 heteroatoms. The van der Waals surface area contributed by atoms with Crippen molar-refractivity contribution in [3.63, 3.8) is 0 Å². The predicted molar refractivity (Wildman–Crippen MR) is 58.0 cm³/mol. The highest BCUT2D eigenvalue weighted by molar-refractivity contribution is 5.97. The molecule has 3 amide bonds. The Morgan fingerprint density at radius 3 is 2.58 bits per heavy atom. The van der Waals surface area contributed by atoms with E-state index in [0.717, 1.165) is 12.1 Å². The monoisotopic (exact) mass is 271 g/mol. The number of nitrogens with one attached hydrogen (secondary N) is 1.